The molecule has 0 aliphatic heterocycles. The van der Waals surface area contributed by atoms with E-state index in [0.29, 0.717) is 10.2 Å². The van der Waals surface area contributed by atoms with Gasteiger partial charge in [0.05, 0.1) is 17.8 Å². The van der Waals surface area contributed by atoms with Gasteiger partial charge in [-0.15, -0.1) is 11.3 Å². The molecule has 4 rings (SSSR count). The molecule has 0 unspecified atom stereocenters. The molecule has 1 aromatic carbocycles. The molecule has 1 fully saturated rings. The second-order valence-corrected chi connectivity index (χ2v) is 8.80. The Morgan fingerprint density at radius 1 is 1.38 bits per heavy atom. The molecule has 0 bridgehead atoms. The number of thiophene rings is 1. The number of carbonyl (C=O) groups is 1. The third kappa shape index (κ3) is 3.56. The number of carbonyl (C=O) groups excluding carboxylic acids is 1. The minimum atomic E-state index is -0.884. The summed E-state index contributed by atoms with van der Waals surface area (Å²) in [6.45, 7) is 5.67. The van der Waals surface area contributed by atoms with Crippen LogP contribution in [0.4, 0.5) is 0 Å². The predicted molar refractivity (Wildman–Crippen MR) is 114 cm³/mol. The summed E-state index contributed by atoms with van der Waals surface area (Å²) >= 11 is 1.42. The van der Waals surface area contributed by atoms with Crippen LogP contribution < -0.4 is 10.9 Å². The van der Waals surface area contributed by atoms with Crippen LogP contribution in [0.3, 0.4) is 0 Å². The van der Waals surface area contributed by atoms with E-state index in [9.17, 15) is 14.9 Å². The zero-order valence-corrected chi connectivity index (χ0v) is 17.5. The Morgan fingerprint density at radius 2 is 2.14 bits per heavy atom. The van der Waals surface area contributed by atoms with E-state index in [1.54, 1.807) is 6.92 Å². The molecule has 1 saturated carbocycles. The summed E-state index contributed by atoms with van der Waals surface area (Å²) in [6.07, 6.45) is 3.28. The molecule has 6 nitrogen and oxygen atoms in total. The van der Waals surface area contributed by atoms with Crippen LogP contribution in [-0.2, 0) is 11.3 Å². The first-order valence-corrected chi connectivity index (χ1v) is 10.5. The lowest BCUT2D eigenvalue weighted by Gasteiger charge is -2.23. The Kier molecular flexibility index (Phi) is 4.75. The third-order valence-electron chi connectivity index (χ3n) is 5.72. The van der Waals surface area contributed by atoms with Crippen LogP contribution in [0.2, 0.25) is 0 Å². The van der Waals surface area contributed by atoms with E-state index in [2.05, 4.69) is 29.4 Å². The average molecular weight is 407 g/mol. The van der Waals surface area contributed by atoms with Gasteiger partial charge in [-0.3, -0.25) is 14.2 Å². The number of aromatic nitrogens is 2. The van der Waals surface area contributed by atoms with Crippen LogP contribution in [0.15, 0.2) is 34.7 Å². The van der Waals surface area contributed by atoms with Crippen molar-refractivity contribution in [2.45, 2.75) is 45.7 Å². The summed E-state index contributed by atoms with van der Waals surface area (Å²) in [7, 11) is 0. The molecular formula is C22H22N4O2S. The standard InChI is InChI=1S/C22H22N4O2S/c1-13-4-5-15(8-14(13)2)17-10-29-20-19(17)21(28)26(12-24-20)9-18(27)25-22(3,11-23)16-6-7-16/h4-5,8,10,12,16H,6-7,9H2,1-3H3,(H,25,27)/t22-/m1/s1. The van der Waals surface area contributed by atoms with E-state index >= 15 is 0 Å². The number of fused-ring (bicyclic) bond motifs is 1. The van der Waals surface area contributed by atoms with Gasteiger partial charge >= 0.3 is 0 Å². The van der Waals surface area contributed by atoms with Crippen LogP contribution in [0.1, 0.15) is 30.9 Å². The van der Waals surface area contributed by atoms with Crippen molar-refractivity contribution >= 4 is 27.5 Å². The number of aryl methyl sites for hydroxylation is 2. The van der Waals surface area contributed by atoms with Gasteiger partial charge in [0.1, 0.15) is 16.9 Å². The van der Waals surface area contributed by atoms with E-state index < -0.39 is 5.54 Å². The van der Waals surface area contributed by atoms with Crippen molar-refractivity contribution in [2.24, 2.45) is 5.92 Å². The summed E-state index contributed by atoms with van der Waals surface area (Å²) in [6, 6.07) is 8.31. The maximum Gasteiger partial charge on any atom is 0.263 e. The van der Waals surface area contributed by atoms with Crippen molar-refractivity contribution in [1.82, 2.24) is 14.9 Å². The van der Waals surface area contributed by atoms with Crippen LogP contribution in [0.25, 0.3) is 21.3 Å². The fourth-order valence-corrected chi connectivity index (χ4v) is 4.47. The van der Waals surface area contributed by atoms with E-state index in [4.69, 9.17) is 0 Å². The van der Waals surface area contributed by atoms with Gasteiger partial charge in [0.25, 0.3) is 5.56 Å². The molecule has 29 heavy (non-hydrogen) atoms. The zero-order valence-electron chi connectivity index (χ0n) is 16.7. The van der Waals surface area contributed by atoms with Crippen molar-refractivity contribution in [3.05, 3.63) is 51.4 Å². The van der Waals surface area contributed by atoms with Crippen molar-refractivity contribution in [2.75, 3.05) is 0 Å². The first-order chi connectivity index (χ1) is 13.8. The number of nitriles is 1. The van der Waals surface area contributed by atoms with Gasteiger partial charge in [-0.1, -0.05) is 18.2 Å². The molecule has 148 valence electrons. The molecule has 1 N–H and O–H groups in total. The summed E-state index contributed by atoms with van der Waals surface area (Å²) in [5.74, 6) is -0.172. The molecule has 2 heterocycles. The predicted octanol–water partition coefficient (Wildman–Crippen LogP) is 3.55. The minimum Gasteiger partial charge on any atom is -0.336 e. The molecule has 1 aliphatic carbocycles. The highest BCUT2D eigenvalue weighted by atomic mass is 32.1. The van der Waals surface area contributed by atoms with Crippen molar-refractivity contribution < 1.29 is 4.79 Å². The fraction of sp³-hybridized carbons (Fsp3) is 0.364. The molecule has 3 aromatic rings. The van der Waals surface area contributed by atoms with Crippen LogP contribution >= 0.6 is 11.3 Å². The second kappa shape index (κ2) is 7.12. The number of hydrogen-bond acceptors (Lipinski definition) is 5. The van der Waals surface area contributed by atoms with Crippen molar-refractivity contribution in [3.63, 3.8) is 0 Å². The van der Waals surface area contributed by atoms with Gasteiger partial charge in [0, 0.05) is 10.9 Å². The molecule has 2 aromatic heterocycles. The van der Waals surface area contributed by atoms with Gasteiger partial charge in [0.15, 0.2) is 0 Å². The maximum absolute atomic E-state index is 13.1. The maximum atomic E-state index is 13.1. The number of nitrogens with zero attached hydrogens (tertiary/aromatic N) is 3. The van der Waals surface area contributed by atoms with Crippen molar-refractivity contribution in [1.29, 1.82) is 5.26 Å². The first-order valence-electron chi connectivity index (χ1n) is 9.59. The van der Waals surface area contributed by atoms with E-state index in [1.807, 2.05) is 24.4 Å². The lowest BCUT2D eigenvalue weighted by atomic mass is 9.98. The summed E-state index contributed by atoms with van der Waals surface area (Å²) in [4.78, 5) is 30.7. The number of hydrogen-bond donors (Lipinski definition) is 1. The topological polar surface area (TPSA) is 87.8 Å². The Bertz CT molecular complexity index is 1220. The monoisotopic (exact) mass is 406 g/mol. The SMILES string of the molecule is Cc1ccc(-c2csc3ncn(CC(=O)N[C@](C)(C#N)C4CC4)c(=O)c23)cc1C. The molecule has 1 amide bonds. The minimum absolute atomic E-state index is 0.159. The number of amides is 1. The van der Waals surface area contributed by atoms with Gasteiger partial charge in [-0.2, -0.15) is 5.26 Å². The first kappa shape index (κ1) is 19.3. The van der Waals surface area contributed by atoms with Gasteiger partial charge in [-0.25, -0.2) is 4.98 Å². The summed E-state index contributed by atoms with van der Waals surface area (Å²) in [5.41, 5.74) is 3.01. The van der Waals surface area contributed by atoms with E-state index in [0.717, 1.165) is 29.5 Å². The van der Waals surface area contributed by atoms with Gasteiger partial charge in [-0.05, 0) is 56.2 Å². The highest BCUT2D eigenvalue weighted by molar-refractivity contribution is 7.17. The molecule has 1 atom stereocenters. The Labute approximate surface area is 172 Å². The number of benzene rings is 1. The van der Waals surface area contributed by atoms with Gasteiger partial charge < -0.3 is 5.32 Å². The normalized spacial score (nSPS) is 15.7. The quantitative estimate of drug-likeness (QED) is 0.702. The molecular weight excluding hydrogens is 384 g/mol. The molecule has 0 radical (unpaired) electrons. The zero-order chi connectivity index (χ0) is 20.8. The second-order valence-electron chi connectivity index (χ2n) is 7.94. The molecule has 1 aliphatic rings. The lowest BCUT2D eigenvalue weighted by Crippen LogP contribution is -2.48. The smallest absolute Gasteiger partial charge is 0.263 e. The van der Waals surface area contributed by atoms with Crippen LogP contribution in [-0.4, -0.2) is 21.0 Å². The third-order valence-corrected chi connectivity index (χ3v) is 6.60. The number of nitrogens with one attached hydrogen (secondary N) is 1. The largest absolute Gasteiger partial charge is 0.336 e. The van der Waals surface area contributed by atoms with Crippen LogP contribution in [0.5, 0.6) is 0 Å². The summed E-state index contributed by atoms with van der Waals surface area (Å²) < 4.78 is 1.32. The Morgan fingerprint density at radius 3 is 2.79 bits per heavy atom. The van der Waals surface area contributed by atoms with E-state index in [1.165, 1.54) is 27.8 Å². The molecule has 7 heteroatoms. The lowest BCUT2D eigenvalue weighted by molar-refractivity contribution is -0.123. The van der Waals surface area contributed by atoms with Crippen molar-refractivity contribution in [3.8, 4) is 17.2 Å². The Hall–Kier alpha value is -2.98. The summed E-state index contributed by atoms with van der Waals surface area (Å²) in [5, 5.41) is 14.7. The molecule has 0 spiro atoms. The average Bonchev–Trinajstić information content (AvgIpc) is 3.46. The number of rotatable bonds is 5. The van der Waals surface area contributed by atoms with Gasteiger partial charge in [0.2, 0.25) is 5.91 Å². The highest BCUT2D eigenvalue weighted by Crippen LogP contribution is 2.39. The fourth-order valence-electron chi connectivity index (χ4n) is 3.57. The Balaban J connectivity index is 1.67. The van der Waals surface area contributed by atoms with E-state index in [-0.39, 0.29) is 23.9 Å². The highest BCUT2D eigenvalue weighted by Gasteiger charge is 2.43. The van der Waals surface area contributed by atoms with Crippen LogP contribution in [0, 0.1) is 31.1 Å². The molecule has 0 saturated heterocycles.